The van der Waals surface area contributed by atoms with Gasteiger partial charge < -0.3 is 14.4 Å². The summed E-state index contributed by atoms with van der Waals surface area (Å²) in [6.45, 7) is 0.562. The average Bonchev–Trinajstić information content (AvgIpc) is 2.66. The molecule has 3 atom stereocenters. The third-order valence-electron chi connectivity index (χ3n) is 5.02. The van der Waals surface area contributed by atoms with Crippen LogP contribution in [0.5, 0.6) is 5.75 Å². The third kappa shape index (κ3) is 2.65. The highest BCUT2D eigenvalue weighted by molar-refractivity contribution is 5.90. The van der Waals surface area contributed by atoms with Crippen LogP contribution in [0.2, 0.25) is 0 Å². The van der Waals surface area contributed by atoms with Gasteiger partial charge in [0.25, 0.3) is 5.91 Å². The van der Waals surface area contributed by atoms with Gasteiger partial charge >= 0.3 is 5.97 Å². The van der Waals surface area contributed by atoms with Gasteiger partial charge in [0.2, 0.25) is 0 Å². The van der Waals surface area contributed by atoms with Crippen molar-refractivity contribution in [2.75, 3.05) is 7.11 Å². The summed E-state index contributed by atoms with van der Waals surface area (Å²) in [5.74, 6) is 0.234. The van der Waals surface area contributed by atoms with E-state index in [1.54, 1.807) is 0 Å². The minimum atomic E-state index is -0.564. The molecule has 2 aromatic rings. The van der Waals surface area contributed by atoms with Crippen LogP contribution in [0.1, 0.15) is 23.5 Å². The number of benzene rings is 2. The molecule has 1 saturated heterocycles. The molecule has 25 heavy (non-hydrogen) atoms. The van der Waals surface area contributed by atoms with Crippen LogP contribution < -0.4 is 4.74 Å². The molecule has 1 fully saturated rings. The Bertz CT molecular complexity index is 804. The van der Waals surface area contributed by atoms with Crippen molar-refractivity contribution in [3.63, 3.8) is 0 Å². The van der Waals surface area contributed by atoms with E-state index in [4.69, 9.17) is 9.47 Å². The number of nitrogens with zero attached hydrogens (tertiary/aromatic N) is 1. The molecule has 2 heterocycles. The van der Waals surface area contributed by atoms with E-state index < -0.39 is 6.10 Å². The first-order chi connectivity index (χ1) is 12.2. The van der Waals surface area contributed by atoms with Gasteiger partial charge in [0.1, 0.15) is 5.75 Å². The Morgan fingerprint density at radius 2 is 1.84 bits per heavy atom. The Kier molecular flexibility index (Phi) is 3.92. The fraction of sp³-hybridized carbons (Fsp3) is 0.300. The molecule has 5 heteroatoms. The van der Waals surface area contributed by atoms with E-state index in [1.807, 2.05) is 59.5 Å². The average molecular weight is 337 g/mol. The predicted molar refractivity (Wildman–Crippen MR) is 91.0 cm³/mol. The molecular formula is C20H19NO4. The molecule has 0 spiro atoms. The first-order valence-corrected chi connectivity index (χ1v) is 8.36. The first-order valence-electron chi connectivity index (χ1n) is 8.36. The summed E-state index contributed by atoms with van der Waals surface area (Å²) in [5.41, 5.74) is 2.18. The van der Waals surface area contributed by atoms with Crippen LogP contribution in [0.3, 0.4) is 0 Å². The Labute approximate surface area is 146 Å². The van der Waals surface area contributed by atoms with Crippen molar-refractivity contribution in [3.8, 4) is 5.75 Å². The highest BCUT2D eigenvalue weighted by atomic mass is 16.5. The van der Waals surface area contributed by atoms with E-state index >= 15 is 0 Å². The van der Waals surface area contributed by atoms with E-state index in [9.17, 15) is 9.59 Å². The van der Waals surface area contributed by atoms with Crippen molar-refractivity contribution >= 4 is 11.9 Å². The molecule has 0 saturated carbocycles. The van der Waals surface area contributed by atoms with E-state index in [2.05, 4.69) is 0 Å². The number of rotatable bonds is 4. The van der Waals surface area contributed by atoms with Crippen LogP contribution in [-0.4, -0.2) is 36.0 Å². The fourth-order valence-corrected chi connectivity index (χ4v) is 3.82. The predicted octanol–water partition coefficient (Wildman–Crippen LogP) is 2.51. The molecule has 0 unspecified atom stereocenters. The van der Waals surface area contributed by atoms with Gasteiger partial charge in [-0.1, -0.05) is 42.5 Å². The number of β-lactam (4-membered cyclic amide) rings is 1. The third-order valence-corrected chi connectivity index (χ3v) is 5.02. The van der Waals surface area contributed by atoms with Gasteiger partial charge in [-0.15, -0.1) is 0 Å². The number of fused-ring (bicyclic) bond motifs is 2. The van der Waals surface area contributed by atoms with Crippen molar-refractivity contribution in [2.45, 2.75) is 31.0 Å². The van der Waals surface area contributed by atoms with Crippen LogP contribution in [-0.2, 0) is 20.9 Å². The zero-order valence-corrected chi connectivity index (χ0v) is 13.9. The number of carbonyl (C=O) groups is 2. The number of amides is 1. The molecule has 2 aromatic carbocycles. The van der Waals surface area contributed by atoms with Crippen LogP contribution in [0.4, 0.5) is 0 Å². The molecule has 0 radical (unpaired) electrons. The lowest BCUT2D eigenvalue weighted by Crippen LogP contribution is -2.70. The second kappa shape index (κ2) is 6.24. The second-order valence-corrected chi connectivity index (χ2v) is 6.39. The number of hydrogen-bond acceptors (Lipinski definition) is 4. The highest BCUT2D eigenvalue weighted by Crippen LogP contribution is 2.44. The molecule has 5 nitrogen and oxygen atoms in total. The summed E-state index contributed by atoms with van der Waals surface area (Å²) in [6.07, 6.45) is -0.332. The van der Waals surface area contributed by atoms with Crippen LogP contribution >= 0.6 is 0 Å². The summed E-state index contributed by atoms with van der Waals surface area (Å²) in [4.78, 5) is 26.4. The standard InChI is InChI=1S/C20H19NO4/c1-24-17(22)11-16-15-10-6-5-7-13(15)12-21-18(16)19(20(21)23)25-14-8-3-2-4-9-14/h2-10,16,18-19H,11-12H2,1H3/t16-,18-,19+/m0/s1. The van der Waals surface area contributed by atoms with Crippen molar-refractivity contribution in [1.29, 1.82) is 0 Å². The van der Waals surface area contributed by atoms with E-state index in [1.165, 1.54) is 7.11 Å². The van der Waals surface area contributed by atoms with Gasteiger partial charge in [0.15, 0.2) is 6.10 Å². The maximum absolute atomic E-state index is 12.6. The number of para-hydroxylation sites is 1. The molecular weight excluding hydrogens is 318 g/mol. The summed E-state index contributed by atoms with van der Waals surface area (Å²) < 4.78 is 10.8. The summed E-state index contributed by atoms with van der Waals surface area (Å²) in [7, 11) is 1.39. The van der Waals surface area contributed by atoms with Crippen molar-refractivity contribution in [2.24, 2.45) is 0 Å². The monoisotopic (exact) mass is 337 g/mol. The lowest BCUT2D eigenvalue weighted by Gasteiger charge is -2.53. The minimum absolute atomic E-state index is 0.0294. The molecule has 0 aliphatic carbocycles. The Hall–Kier alpha value is -2.82. The number of methoxy groups -OCH3 is 1. The van der Waals surface area contributed by atoms with Gasteiger partial charge in [-0.2, -0.15) is 0 Å². The molecule has 4 rings (SSSR count). The maximum atomic E-state index is 12.6. The topological polar surface area (TPSA) is 55.8 Å². The summed E-state index contributed by atoms with van der Waals surface area (Å²) >= 11 is 0. The van der Waals surface area contributed by atoms with Crippen molar-refractivity contribution < 1.29 is 19.1 Å². The van der Waals surface area contributed by atoms with Crippen LogP contribution in [0.15, 0.2) is 54.6 Å². The lowest BCUT2D eigenvalue weighted by atomic mass is 9.74. The maximum Gasteiger partial charge on any atom is 0.306 e. The van der Waals surface area contributed by atoms with E-state index in [0.29, 0.717) is 12.3 Å². The van der Waals surface area contributed by atoms with Gasteiger partial charge in [0, 0.05) is 12.5 Å². The largest absolute Gasteiger partial charge is 0.478 e. The molecule has 2 aliphatic rings. The second-order valence-electron chi connectivity index (χ2n) is 6.39. The smallest absolute Gasteiger partial charge is 0.306 e. The van der Waals surface area contributed by atoms with Gasteiger partial charge in [0.05, 0.1) is 19.6 Å². The van der Waals surface area contributed by atoms with Crippen LogP contribution in [0, 0.1) is 0 Å². The van der Waals surface area contributed by atoms with E-state index in [-0.39, 0.29) is 30.3 Å². The Morgan fingerprint density at radius 3 is 2.60 bits per heavy atom. The normalized spacial score (nSPS) is 24.0. The number of carbonyl (C=O) groups excluding carboxylic acids is 2. The minimum Gasteiger partial charge on any atom is -0.478 e. The van der Waals surface area contributed by atoms with Crippen molar-refractivity contribution in [3.05, 3.63) is 65.7 Å². The fourth-order valence-electron chi connectivity index (χ4n) is 3.82. The van der Waals surface area contributed by atoms with Crippen LogP contribution in [0.25, 0.3) is 0 Å². The van der Waals surface area contributed by atoms with Gasteiger partial charge in [-0.25, -0.2) is 0 Å². The summed E-state index contributed by atoms with van der Waals surface area (Å²) in [5, 5.41) is 0. The quantitative estimate of drug-likeness (QED) is 0.635. The molecule has 0 N–H and O–H groups in total. The number of hydrogen-bond donors (Lipinski definition) is 0. The number of ether oxygens (including phenoxy) is 2. The molecule has 0 aromatic heterocycles. The Morgan fingerprint density at radius 1 is 1.12 bits per heavy atom. The first kappa shape index (κ1) is 15.7. The Balaban J connectivity index is 1.66. The lowest BCUT2D eigenvalue weighted by molar-refractivity contribution is -0.170. The molecule has 0 bridgehead atoms. The van der Waals surface area contributed by atoms with Crippen molar-refractivity contribution in [1.82, 2.24) is 4.90 Å². The number of esters is 1. The highest BCUT2D eigenvalue weighted by Gasteiger charge is 2.56. The molecule has 1 amide bonds. The van der Waals surface area contributed by atoms with Gasteiger partial charge in [-0.05, 0) is 23.3 Å². The summed E-state index contributed by atoms with van der Waals surface area (Å²) in [6, 6.07) is 17.1. The zero-order chi connectivity index (χ0) is 17.4. The van der Waals surface area contributed by atoms with E-state index in [0.717, 1.165) is 11.1 Å². The molecule has 128 valence electrons. The molecule has 2 aliphatic heterocycles. The van der Waals surface area contributed by atoms with Gasteiger partial charge in [-0.3, -0.25) is 9.59 Å². The zero-order valence-electron chi connectivity index (χ0n) is 13.9. The SMILES string of the molecule is COC(=O)C[C@H]1c2ccccc2CN2C(=O)[C@H](Oc3ccccc3)[C@H]12.